The third-order valence-corrected chi connectivity index (χ3v) is 4.97. The van der Waals surface area contributed by atoms with Crippen molar-refractivity contribution in [3.63, 3.8) is 0 Å². The number of amides is 1. The van der Waals surface area contributed by atoms with Crippen molar-refractivity contribution in [2.24, 2.45) is 5.92 Å². The summed E-state index contributed by atoms with van der Waals surface area (Å²) >= 11 is 0. The first-order chi connectivity index (χ1) is 12.1. The van der Waals surface area contributed by atoms with E-state index >= 15 is 0 Å². The lowest BCUT2D eigenvalue weighted by atomic mass is 10.1. The van der Waals surface area contributed by atoms with E-state index in [-0.39, 0.29) is 11.9 Å². The fraction of sp³-hybridized carbons (Fsp3) is 0.667. The number of benzene rings is 1. The quantitative estimate of drug-likeness (QED) is 0.662. The highest BCUT2D eigenvalue weighted by molar-refractivity contribution is 5.82. The van der Waals surface area contributed by atoms with Gasteiger partial charge in [-0.25, -0.2) is 0 Å². The molecule has 1 atom stereocenters. The van der Waals surface area contributed by atoms with Crippen LogP contribution in [0.2, 0.25) is 0 Å². The number of carbonyl (C=O) groups is 1. The van der Waals surface area contributed by atoms with Gasteiger partial charge in [-0.15, -0.1) is 0 Å². The Morgan fingerprint density at radius 3 is 2.80 bits per heavy atom. The van der Waals surface area contributed by atoms with E-state index in [0.717, 1.165) is 52.0 Å². The topological polar surface area (TPSA) is 35.6 Å². The van der Waals surface area contributed by atoms with E-state index in [4.69, 9.17) is 0 Å². The molecule has 25 heavy (non-hydrogen) atoms. The highest BCUT2D eigenvalue weighted by Gasteiger charge is 2.29. The molecule has 4 heteroatoms. The molecule has 0 spiro atoms. The molecule has 2 rings (SSSR count). The minimum Gasteiger partial charge on any atom is -0.355 e. The zero-order valence-electron chi connectivity index (χ0n) is 16.2. The van der Waals surface area contributed by atoms with Crippen LogP contribution in [0.3, 0.4) is 0 Å². The van der Waals surface area contributed by atoms with Crippen molar-refractivity contribution in [2.75, 3.05) is 33.2 Å². The molecule has 1 aromatic carbocycles. The summed E-state index contributed by atoms with van der Waals surface area (Å²) in [5, 5.41) is 3.15. The van der Waals surface area contributed by atoms with Crippen LogP contribution in [0, 0.1) is 5.92 Å². The summed E-state index contributed by atoms with van der Waals surface area (Å²) in [5.41, 5.74) is 1.33. The Hall–Kier alpha value is -1.39. The second-order valence-corrected chi connectivity index (χ2v) is 7.74. The van der Waals surface area contributed by atoms with E-state index in [1.807, 2.05) is 6.07 Å². The van der Waals surface area contributed by atoms with Gasteiger partial charge in [-0.05, 0) is 63.8 Å². The van der Waals surface area contributed by atoms with Crippen LogP contribution >= 0.6 is 0 Å². The molecule has 1 saturated heterocycles. The molecule has 1 aliphatic heterocycles. The summed E-state index contributed by atoms with van der Waals surface area (Å²) in [4.78, 5) is 17.2. The van der Waals surface area contributed by atoms with Crippen LogP contribution < -0.4 is 5.32 Å². The van der Waals surface area contributed by atoms with Gasteiger partial charge in [0.1, 0.15) is 0 Å². The van der Waals surface area contributed by atoms with Crippen LogP contribution in [0.4, 0.5) is 0 Å². The summed E-state index contributed by atoms with van der Waals surface area (Å²) < 4.78 is 0. The van der Waals surface area contributed by atoms with Crippen molar-refractivity contribution >= 4 is 5.91 Å². The largest absolute Gasteiger partial charge is 0.355 e. The number of hydrogen-bond donors (Lipinski definition) is 1. The Kier molecular flexibility index (Phi) is 8.42. The van der Waals surface area contributed by atoms with Crippen LogP contribution in [-0.2, 0) is 11.3 Å². The minimum atomic E-state index is 0.0980. The number of carbonyl (C=O) groups excluding carboxylic acids is 1. The molecule has 140 valence electrons. The Morgan fingerprint density at radius 2 is 2.08 bits per heavy atom. The minimum absolute atomic E-state index is 0.0980. The molecule has 4 nitrogen and oxygen atoms in total. The van der Waals surface area contributed by atoms with Crippen LogP contribution in [0.15, 0.2) is 30.3 Å². The van der Waals surface area contributed by atoms with Crippen LogP contribution in [-0.4, -0.2) is 55.0 Å². The van der Waals surface area contributed by atoms with Gasteiger partial charge in [0.2, 0.25) is 5.91 Å². The van der Waals surface area contributed by atoms with E-state index in [9.17, 15) is 4.79 Å². The molecule has 1 aliphatic rings. The van der Waals surface area contributed by atoms with Crippen molar-refractivity contribution in [1.29, 1.82) is 0 Å². The predicted octanol–water partition coefficient (Wildman–Crippen LogP) is 3.14. The second kappa shape index (κ2) is 10.6. The van der Waals surface area contributed by atoms with Crippen molar-refractivity contribution in [3.05, 3.63) is 35.9 Å². The smallest absolute Gasteiger partial charge is 0.237 e. The molecular formula is C21H35N3O. The molecule has 1 N–H and O–H groups in total. The lowest BCUT2D eigenvalue weighted by Crippen LogP contribution is -2.44. The fourth-order valence-corrected chi connectivity index (χ4v) is 3.47. The number of nitrogens with zero attached hydrogens (tertiary/aromatic N) is 2. The first kappa shape index (κ1) is 19.9. The van der Waals surface area contributed by atoms with Gasteiger partial charge in [0.15, 0.2) is 0 Å². The number of likely N-dealkylation sites (tertiary alicyclic amines) is 1. The zero-order chi connectivity index (χ0) is 18.1. The number of nitrogens with one attached hydrogen (secondary N) is 1. The predicted molar refractivity (Wildman–Crippen MR) is 104 cm³/mol. The Balaban J connectivity index is 1.63. The Bertz CT molecular complexity index is 503. The van der Waals surface area contributed by atoms with E-state index in [0.29, 0.717) is 5.92 Å². The normalized spacial score (nSPS) is 18.2. The van der Waals surface area contributed by atoms with E-state index in [1.165, 1.54) is 12.0 Å². The maximum atomic E-state index is 12.5. The van der Waals surface area contributed by atoms with Gasteiger partial charge in [-0.1, -0.05) is 44.2 Å². The average Bonchev–Trinajstić information content (AvgIpc) is 3.06. The summed E-state index contributed by atoms with van der Waals surface area (Å²) in [7, 11) is 2.14. The standard InChI is InChI=1S/C21H35N3O/c1-18(2)12-16-24-15-7-11-20(24)21(25)22-13-8-14-23(3)17-19-9-5-4-6-10-19/h4-6,9-10,18,20H,7-8,11-17H2,1-3H3,(H,22,25)/t20-/m1/s1. The van der Waals surface area contributed by atoms with E-state index < -0.39 is 0 Å². The Morgan fingerprint density at radius 1 is 1.32 bits per heavy atom. The lowest BCUT2D eigenvalue weighted by Gasteiger charge is -2.24. The molecule has 0 bridgehead atoms. The highest BCUT2D eigenvalue weighted by atomic mass is 16.2. The zero-order valence-corrected chi connectivity index (χ0v) is 16.2. The third kappa shape index (κ3) is 7.17. The van der Waals surface area contributed by atoms with Crippen molar-refractivity contribution < 1.29 is 4.79 Å². The molecule has 1 amide bonds. The van der Waals surface area contributed by atoms with Crippen molar-refractivity contribution in [2.45, 2.75) is 52.1 Å². The number of rotatable bonds is 10. The van der Waals surface area contributed by atoms with Crippen molar-refractivity contribution in [1.82, 2.24) is 15.1 Å². The van der Waals surface area contributed by atoms with Crippen LogP contribution in [0.25, 0.3) is 0 Å². The maximum absolute atomic E-state index is 12.5. The average molecular weight is 346 g/mol. The summed E-state index contributed by atoms with van der Waals surface area (Å²) in [6.45, 7) is 9.35. The maximum Gasteiger partial charge on any atom is 0.237 e. The Labute approximate surface area is 153 Å². The monoisotopic (exact) mass is 345 g/mol. The summed E-state index contributed by atoms with van der Waals surface area (Å²) in [6.07, 6.45) is 4.33. The van der Waals surface area contributed by atoms with E-state index in [2.05, 4.69) is 60.3 Å². The van der Waals surface area contributed by atoms with Gasteiger partial charge in [-0.2, -0.15) is 0 Å². The van der Waals surface area contributed by atoms with Gasteiger partial charge < -0.3 is 10.2 Å². The molecule has 1 aromatic rings. The lowest BCUT2D eigenvalue weighted by molar-refractivity contribution is -0.125. The first-order valence-electron chi connectivity index (χ1n) is 9.80. The second-order valence-electron chi connectivity index (χ2n) is 7.74. The number of hydrogen-bond acceptors (Lipinski definition) is 3. The molecule has 0 radical (unpaired) electrons. The molecule has 1 heterocycles. The SMILES string of the molecule is CC(C)CCN1CCC[C@@H]1C(=O)NCCCN(C)Cc1ccccc1. The molecule has 0 saturated carbocycles. The highest BCUT2D eigenvalue weighted by Crippen LogP contribution is 2.18. The molecule has 0 aliphatic carbocycles. The molecular weight excluding hydrogens is 310 g/mol. The summed E-state index contributed by atoms with van der Waals surface area (Å²) in [6, 6.07) is 10.6. The van der Waals surface area contributed by atoms with Crippen molar-refractivity contribution in [3.8, 4) is 0 Å². The fourth-order valence-electron chi connectivity index (χ4n) is 3.47. The molecule has 0 aromatic heterocycles. The van der Waals surface area contributed by atoms with Gasteiger partial charge in [0, 0.05) is 13.1 Å². The van der Waals surface area contributed by atoms with Gasteiger partial charge >= 0.3 is 0 Å². The van der Waals surface area contributed by atoms with Crippen LogP contribution in [0.5, 0.6) is 0 Å². The molecule has 1 fully saturated rings. The summed E-state index contributed by atoms with van der Waals surface area (Å²) in [5.74, 6) is 0.927. The van der Waals surface area contributed by atoms with Gasteiger partial charge in [0.05, 0.1) is 6.04 Å². The van der Waals surface area contributed by atoms with E-state index in [1.54, 1.807) is 0 Å². The first-order valence-corrected chi connectivity index (χ1v) is 9.80. The van der Waals surface area contributed by atoms with Gasteiger partial charge in [0.25, 0.3) is 0 Å². The third-order valence-electron chi connectivity index (χ3n) is 4.97. The van der Waals surface area contributed by atoms with Crippen LogP contribution in [0.1, 0.15) is 45.1 Å². The molecule has 0 unspecified atom stereocenters. The van der Waals surface area contributed by atoms with Gasteiger partial charge in [-0.3, -0.25) is 9.69 Å².